The average molecular weight is 283 g/mol. The van der Waals surface area contributed by atoms with Crippen molar-refractivity contribution in [2.24, 2.45) is 5.73 Å². The Hall–Kier alpha value is -0.370. The number of nitrogens with two attached hydrogens (primary N) is 1. The van der Waals surface area contributed by atoms with Crippen LogP contribution < -0.4 is 5.73 Å². The number of ether oxygens (including phenoxy) is 1. The van der Waals surface area contributed by atoms with Gasteiger partial charge in [-0.2, -0.15) is 13.2 Å². The van der Waals surface area contributed by atoms with Gasteiger partial charge in [0.05, 0.1) is 6.54 Å². The summed E-state index contributed by atoms with van der Waals surface area (Å²) in [6, 6.07) is 0.0734. The zero-order valence-corrected chi connectivity index (χ0v) is 11.5. The number of piperazine rings is 1. The van der Waals surface area contributed by atoms with Crippen molar-refractivity contribution in [1.82, 2.24) is 9.80 Å². The van der Waals surface area contributed by atoms with Crippen LogP contribution in [0.15, 0.2) is 0 Å². The third-order valence-electron chi connectivity index (χ3n) is 3.28. The Balaban J connectivity index is 2.15. The van der Waals surface area contributed by atoms with E-state index in [4.69, 9.17) is 10.5 Å². The first-order chi connectivity index (χ1) is 8.90. The van der Waals surface area contributed by atoms with Crippen molar-refractivity contribution in [2.45, 2.75) is 25.1 Å². The molecule has 0 radical (unpaired) electrons. The Labute approximate surface area is 112 Å². The Morgan fingerprint density at radius 1 is 1.16 bits per heavy atom. The zero-order chi connectivity index (χ0) is 14.3. The minimum absolute atomic E-state index is 0.0734. The summed E-state index contributed by atoms with van der Waals surface area (Å²) in [5, 5.41) is 0. The molecule has 1 heterocycles. The molecule has 4 nitrogen and oxygen atoms in total. The van der Waals surface area contributed by atoms with Gasteiger partial charge >= 0.3 is 6.18 Å². The fraction of sp³-hybridized carbons (Fsp3) is 1.00. The largest absolute Gasteiger partial charge is 0.401 e. The predicted octanol–water partition coefficient (Wildman–Crippen LogP) is 0.920. The van der Waals surface area contributed by atoms with Gasteiger partial charge in [-0.15, -0.1) is 0 Å². The van der Waals surface area contributed by atoms with Crippen LogP contribution in [0.5, 0.6) is 0 Å². The van der Waals surface area contributed by atoms with Gasteiger partial charge in [0.15, 0.2) is 0 Å². The van der Waals surface area contributed by atoms with E-state index in [-0.39, 0.29) is 6.04 Å². The summed E-state index contributed by atoms with van der Waals surface area (Å²) in [5.74, 6) is 0. The first-order valence-corrected chi connectivity index (χ1v) is 6.66. The number of nitrogens with zero attached hydrogens (tertiary/aromatic N) is 2. The van der Waals surface area contributed by atoms with E-state index in [0.29, 0.717) is 32.8 Å². The number of rotatable bonds is 7. The maximum Gasteiger partial charge on any atom is 0.401 e. The highest BCUT2D eigenvalue weighted by Gasteiger charge is 2.32. The number of methoxy groups -OCH3 is 1. The van der Waals surface area contributed by atoms with E-state index >= 15 is 0 Å². The number of halogens is 3. The average Bonchev–Trinajstić information content (AvgIpc) is 2.30. The second-order valence-corrected chi connectivity index (χ2v) is 5.09. The third kappa shape index (κ3) is 7.71. The molecule has 0 aromatic heterocycles. The highest BCUT2D eigenvalue weighted by atomic mass is 19.4. The van der Waals surface area contributed by atoms with E-state index in [0.717, 1.165) is 19.4 Å². The lowest BCUT2D eigenvalue weighted by atomic mass is 10.1. The molecule has 0 aliphatic carbocycles. The second kappa shape index (κ2) is 8.04. The van der Waals surface area contributed by atoms with Gasteiger partial charge in [-0.3, -0.25) is 9.80 Å². The molecule has 1 rings (SSSR count). The van der Waals surface area contributed by atoms with Gasteiger partial charge in [0.2, 0.25) is 0 Å². The quantitative estimate of drug-likeness (QED) is 0.706. The Morgan fingerprint density at radius 2 is 1.74 bits per heavy atom. The molecule has 0 aromatic rings. The van der Waals surface area contributed by atoms with E-state index in [1.54, 1.807) is 7.11 Å². The molecular weight excluding hydrogens is 259 g/mol. The van der Waals surface area contributed by atoms with Gasteiger partial charge in [-0.1, -0.05) is 0 Å². The summed E-state index contributed by atoms with van der Waals surface area (Å²) < 4.78 is 41.7. The highest BCUT2D eigenvalue weighted by Crippen LogP contribution is 2.17. The van der Waals surface area contributed by atoms with Crippen molar-refractivity contribution in [3.8, 4) is 0 Å². The summed E-state index contributed by atoms with van der Waals surface area (Å²) in [6.45, 7) is 2.90. The fourth-order valence-corrected chi connectivity index (χ4v) is 2.30. The van der Waals surface area contributed by atoms with E-state index in [2.05, 4.69) is 4.90 Å². The smallest absolute Gasteiger partial charge is 0.385 e. The maximum absolute atomic E-state index is 12.2. The lowest BCUT2D eigenvalue weighted by molar-refractivity contribution is -0.149. The van der Waals surface area contributed by atoms with E-state index in [1.807, 2.05) is 0 Å². The molecule has 114 valence electrons. The molecule has 1 saturated heterocycles. The molecule has 1 unspecified atom stereocenters. The first-order valence-electron chi connectivity index (χ1n) is 6.66. The highest BCUT2D eigenvalue weighted by molar-refractivity contribution is 4.77. The molecular formula is C12H24F3N3O. The first kappa shape index (κ1) is 16.7. The molecule has 2 N–H and O–H groups in total. The summed E-state index contributed by atoms with van der Waals surface area (Å²) >= 11 is 0. The Morgan fingerprint density at radius 3 is 2.26 bits per heavy atom. The van der Waals surface area contributed by atoms with Crippen LogP contribution in [0, 0.1) is 0 Å². The van der Waals surface area contributed by atoms with Crippen molar-refractivity contribution < 1.29 is 17.9 Å². The maximum atomic E-state index is 12.2. The van der Waals surface area contributed by atoms with Crippen molar-refractivity contribution in [3.63, 3.8) is 0 Å². The summed E-state index contributed by atoms with van der Waals surface area (Å²) in [6.07, 6.45) is -2.29. The second-order valence-electron chi connectivity index (χ2n) is 5.09. The standard InChI is InChI=1S/C12H24F3N3O/c1-19-8-2-3-11(16)9-17-4-6-18(7-5-17)10-12(13,14)15/h11H,2-10,16H2,1H3. The molecule has 1 atom stereocenters. The van der Waals surface area contributed by atoms with Crippen LogP contribution in [0.4, 0.5) is 13.2 Å². The van der Waals surface area contributed by atoms with Gasteiger partial charge < -0.3 is 10.5 Å². The molecule has 0 spiro atoms. The number of hydrogen-bond acceptors (Lipinski definition) is 4. The van der Waals surface area contributed by atoms with E-state index < -0.39 is 12.7 Å². The number of alkyl halides is 3. The van der Waals surface area contributed by atoms with Gasteiger partial charge in [0.25, 0.3) is 0 Å². The molecule has 1 aliphatic heterocycles. The lowest BCUT2D eigenvalue weighted by Gasteiger charge is -2.36. The summed E-state index contributed by atoms with van der Waals surface area (Å²) in [5.41, 5.74) is 5.99. The number of hydrogen-bond donors (Lipinski definition) is 1. The molecule has 0 amide bonds. The van der Waals surface area contributed by atoms with Crippen LogP contribution in [0.1, 0.15) is 12.8 Å². The molecule has 7 heteroatoms. The molecule has 0 saturated carbocycles. The molecule has 0 bridgehead atoms. The van der Waals surface area contributed by atoms with Gasteiger partial charge in [-0.25, -0.2) is 0 Å². The minimum Gasteiger partial charge on any atom is -0.385 e. The van der Waals surface area contributed by atoms with E-state index in [9.17, 15) is 13.2 Å². The van der Waals surface area contributed by atoms with E-state index in [1.165, 1.54) is 4.90 Å². The SMILES string of the molecule is COCCCC(N)CN1CCN(CC(F)(F)F)CC1. The predicted molar refractivity (Wildman–Crippen MR) is 68.0 cm³/mol. The van der Waals surface area contributed by atoms with Gasteiger partial charge in [0.1, 0.15) is 0 Å². The minimum atomic E-state index is -4.10. The fourth-order valence-electron chi connectivity index (χ4n) is 2.30. The van der Waals surface area contributed by atoms with Crippen molar-refractivity contribution in [2.75, 3.05) is 53.0 Å². The van der Waals surface area contributed by atoms with Crippen LogP contribution in [0.2, 0.25) is 0 Å². The molecule has 0 aromatic carbocycles. The Bertz CT molecular complexity index is 243. The van der Waals surface area contributed by atoms with Crippen LogP contribution in [0.25, 0.3) is 0 Å². The van der Waals surface area contributed by atoms with Crippen molar-refractivity contribution >= 4 is 0 Å². The topological polar surface area (TPSA) is 41.7 Å². The normalized spacial score (nSPS) is 20.7. The van der Waals surface area contributed by atoms with Crippen molar-refractivity contribution in [1.29, 1.82) is 0 Å². The molecule has 19 heavy (non-hydrogen) atoms. The van der Waals surface area contributed by atoms with Crippen LogP contribution in [0.3, 0.4) is 0 Å². The Kier molecular flexibility index (Phi) is 7.06. The molecule has 1 aliphatic rings. The van der Waals surface area contributed by atoms with Gasteiger partial charge in [0, 0.05) is 52.5 Å². The summed E-state index contributed by atoms with van der Waals surface area (Å²) in [7, 11) is 1.66. The van der Waals surface area contributed by atoms with Crippen molar-refractivity contribution in [3.05, 3.63) is 0 Å². The van der Waals surface area contributed by atoms with Crippen LogP contribution in [-0.2, 0) is 4.74 Å². The van der Waals surface area contributed by atoms with Crippen LogP contribution >= 0.6 is 0 Å². The summed E-state index contributed by atoms with van der Waals surface area (Å²) in [4.78, 5) is 3.59. The third-order valence-corrected chi connectivity index (χ3v) is 3.28. The van der Waals surface area contributed by atoms with Crippen LogP contribution in [-0.4, -0.2) is 75.0 Å². The zero-order valence-electron chi connectivity index (χ0n) is 11.5. The monoisotopic (exact) mass is 283 g/mol. The molecule has 1 fully saturated rings. The van der Waals surface area contributed by atoms with Gasteiger partial charge in [-0.05, 0) is 12.8 Å². The lowest BCUT2D eigenvalue weighted by Crippen LogP contribution is -2.51.